The van der Waals surface area contributed by atoms with Crippen molar-refractivity contribution < 1.29 is 13.5 Å². The van der Waals surface area contributed by atoms with E-state index >= 15 is 0 Å². The minimum absolute atomic E-state index is 0.000478. The van der Waals surface area contributed by atoms with E-state index in [4.69, 9.17) is 16.7 Å². The van der Waals surface area contributed by atoms with Crippen LogP contribution in [0.4, 0.5) is 0 Å². The second-order valence-electron chi connectivity index (χ2n) is 4.23. The van der Waals surface area contributed by atoms with Crippen LogP contribution in [0.2, 0.25) is 5.02 Å². The molecule has 1 atom stereocenters. The molecule has 0 aromatic heterocycles. The Kier molecular flexibility index (Phi) is 5.61. The Morgan fingerprint density at radius 2 is 2.06 bits per heavy atom. The summed E-state index contributed by atoms with van der Waals surface area (Å²) < 4.78 is 27.1. The van der Waals surface area contributed by atoms with Gasteiger partial charge in [-0.05, 0) is 40.0 Å². The molecule has 0 aliphatic rings. The number of benzene rings is 1. The molecule has 2 N–H and O–H groups in total. The summed E-state index contributed by atoms with van der Waals surface area (Å²) in [5.41, 5.74) is 0. The van der Waals surface area contributed by atoms with E-state index in [1.807, 2.05) is 13.8 Å². The molecule has 0 aliphatic carbocycles. The Hall–Kier alpha value is -0.140. The van der Waals surface area contributed by atoms with Crippen LogP contribution in [-0.4, -0.2) is 26.2 Å². The molecule has 0 saturated carbocycles. The van der Waals surface area contributed by atoms with Crippen LogP contribution in [0.5, 0.6) is 0 Å². The molecule has 0 radical (unpaired) electrons. The van der Waals surface area contributed by atoms with Gasteiger partial charge < -0.3 is 5.11 Å². The maximum atomic E-state index is 12.1. The summed E-state index contributed by atoms with van der Waals surface area (Å²) in [6, 6.07) is 3.84. The van der Waals surface area contributed by atoms with Crippen LogP contribution in [0.3, 0.4) is 0 Å². The molecule has 0 fully saturated rings. The van der Waals surface area contributed by atoms with Crippen LogP contribution < -0.4 is 4.72 Å². The molecule has 1 rings (SSSR count). The summed E-state index contributed by atoms with van der Waals surface area (Å²) in [6.45, 7) is 3.42. The molecule has 4 nitrogen and oxygen atoms in total. The minimum Gasteiger partial charge on any atom is -0.395 e. The summed E-state index contributed by atoms with van der Waals surface area (Å²) in [7, 11) is -3.65. The largest absolute Gasteiger partial charge is 0.395 e. The molecule has 0 spiro atoms. The molecule has 102 valence electrons. The average Bonchev–Trinajstić information content (AvgIpc) is 2.29. The predicted molar refractivity (Wildman–Crippen MR) is 75.2 cm³/mol. The molecule has 0 aliphatic heterocycles. The van der Waals surface area contributed by atoms with Gasteiger partial charge in [0.15, 0.2) is 0 Å². The van der Waals surface area contributed by atoms with Crippen LogP contribution >= 0.6 is 27.5 Å². The summed E-state index contributed by atoms with van der Waals surface area (Å²) >= 11 is 8.99. The average molecular weight is 357 g/mol. The Bertz CT molecular complexity index is 519. The van der Waals surface area contributed by atoms with Crippen molar-refractivity contribution in [1.29, 1.82) is 0 Å². The summed E-state index contributed by atoms with van der Waals surface area (Å²) in [5.74, 6) is 0.000478. The van der Waals surface area contributed by atoms with Crippen molar-refractivity contribution in [3.05, 3.63) is 27.7 Å². The maximum Gasteiger partial charge on any atom is 0.240 e. The van der Waals surface area contributed by atoms with E-state index in [1.165, 1.54) is 18.2 Å². The van der Waals surface area contributed by atoms with Crippen molar-refractivity contribution in [3.63, 3.8) is 0 Å². The van der Waals surface area contributed by atoms with Crippen LogP contribution in [0.15, 0.2) is 27.6 Å². The molecule has 1 aromatic carbocycles. The lowest BCUT2D eigenvalue weighted by Gasteiger charge is -2.19. The van der Waals surface area contributed by atoms with Gasteiger partial charge >= 0.3 is 0 Å². The lowest BCUT2D eigenvalue weighted by atomic mass is 10.1. The molecule has 0 amide bonds. The topological polar surface area (TPSA) is 66.4 Å². The van der Waals surface area contributed by atoms with Crippen LogP contribution in [0, 0.1) is 5.92 Å². The van der Waals surface area contributed by atoms with Gasteiger partial charge in [0.2, 0.25) is 10.0 Å². The molecule has 0 bridgehead atoms. The van der Waals surface area contributed by atoms with Crippen molar-refractivity contribution in [3.8, 4) is 0 Å². The number of hydrogen-bond donors (Lipinski definition) is 2. The van der Waals surface area contributed by atoms with Crippen LogP contribution in [0.25, 0.3) is 0 Å². The summed E-state index contributed by atoms with van der Waals surface area (Å²) in [6.07, 6.45) is 0. The normalized spacial score (nSPS) is 13.9. The van der Waals surface area contributed by atoms with E-state index < -0.39 is 16.1 Å². The van der Waals surface area contributed by atoms with Gasteiger partial charge in [-0.15, -0.1) is 0 Å². The first kappa shape index (κ1) is 15.9. The second kappa shape index (κ2) is 6.34. The van der Waals surface area contributed by atoms with E-state index in [-0.39, 0.29) is 17.4 Å². The zero-order valence-electron chi connectivity index (χ0n) is 10.0. The quantitative estimate of drug-likeness (QED) is 0.851. The Balaban J connectivity index is 3.02. The fourth-order valence-electron chi connectivity index (χ4n) is 1.30. The third kappa shape index (κ3) is 3.93. The molecule has 0 heterocycles. The fourth-order valence-corrected chi connectivity index (χ4v) is 3.34. The van der Waals surface area contributed by atoms with Gasteiger partial charge in [0.25, 0.3) is 0 Å². The number of halogens is 2. The first-order chi connectivity index (χ1) is 8.27. The van der Waals surface area contributed by atoms with E-state index in [9.17, 15) is 8.42 Å². The van der Waals surface area contributed by atoms with Gasteiger partial charge in [0.1, 0.15) is 0 Å². The number of aliphatic hydroxyl groups excluding tert-OH is 1. The fraction of sp³-hybridized carbons (Fsp3) is 0.455. The second-order valence-corrected chi connectivity index (χ2v) is 7.21. The molecular weight excluding hydrogens is 342 g/mol. The van der Waals surface area contributed by atoms with Crippen molar-refractivity contribution in [2.75, 3.05) is 6.61 Å². The Labute approximate surface area is 121 Å². The molecule has 1 aromatic rings. The van der Waals surface area contributed by atoms with Crippen LogP contribution in [-0.2, 0) is 10.0 Å². The third-order valence-electron chi connectivity index (χ3n) is 2.51. The Morgan fingerprint density at radius 1 is 1.44 bits per heavy atom. The maximum absolute atomic E-state index is 12.1. The van der Waals surface area contributed by atoms with Gasteiger partial charge in [-0.3, -0.25) is 0 Å². The van der Waals surface area contributed by atoms with E-state index in [2.05, 4.69) is 20.7 Å². The summed E-state index contributed by atoms with van der Waals surface area (Å²) in [5, 5.41) is 9.59. The van der Waals surface area contributed by atoms with Crippen LogP contribution in [0.1, 0.15) is 13.8 Å². The van der Waals surface area contributed by atoms with E-state index in [0.29, 0.717) is 9.50 Å². The first-order valence-electron chi connectivity index (χ1n) is 5.36. The highest BCUT2D eigenvalue weighted by atomic mass is 79.9. The van der Waals surface area contributed by atoms with Crippen molar-refractivity contribution >= 4 is 37.6 Å². The highest BCUT2D eigenvalue weighted by molar-refractivity contribution is 9.10. The van der Waals surface area contributed by atoms with Gasteiger partial charge in [-0.2, -0.15) is 0 Å². The number of aliphatic hydroxyl groups is 1. The van der Waals surface area contributed by atoms with Crippen molar-refractivity contribution in [2.45, 2.75) is 24.8 Å². The zero-order valence-corrected chi connectivity index (χ0v) is 13.2. The molecular formula is C11H15BrClNO3S. The number of rotatable bonds is 5. The SMILES string of the molecule is CC(C)[C@@H](CO)NS(=O)(=O)c1ccc(Cl)c(Br)c1. The van der Waals surface area contributed by atoms with Crippen molar-refractivity contribution in [1.82, 2.24) is 4.72 Å². The van der Waals surface area contributed by atoms with Gasteiger partial charge in [0.05, 0.1) is 16.5 Å². The lowest BCUT2D eigenvalue weighted by Crippen LogP contribution is -2.41. The highest BCUT2D eigenvalue weighted by Crippen LogP contribution is 2.25. The Morgan fingerprint density at radius 3 is 2.50 bits per heavy atom. The van der Waals surface area contributed by atoms with Gasteiger partial charge in [-0.1, -0.05) is 25.4 Å². The predicted octanol–water partition coefficient (Wildman–Crippen LogP) is 2.40. The van der Waals surface area contributed by atoms with Gasteiger partial charge in [-0.25, -0.2) is 13.1 Å². The highest BCUT2D eigenvalue weighted by Gasteiger charge is 2.22. The summed E-state index contributed by atoms with van der Waals surface area (Å²) in [4.78, 5) is 0.109. The lowest BCUT2D eigenvalue weighted by molar-refractivity contribution is 0.227. The van der Waals surface area contributed by atoms with Gasteiger partial charge in [0, 0.05) is 10.5 Å². The molecule has 0 unspecified atom stereocenters. The van der Waals surface area contributed by atoms with Crippen molar-refractivity contribution in [2.24, 2.45) is 5.92 Å². The number of nitrogens with one attached hydrogen (secondary N) is 1. The monoisotopic (exact) mass is 355 g/mol. The zero-order chi connectivity index (χ0) is 13.9. The third-order valence-corrected chi connectivity index (χ3v) is 5.21. The molecule has 18 heavy (non-hydrogen) atoms. The molecule has 7 heteroatoms. The van der Waals surface area contributed by atoms with E-state index in [0.717, 1.165) is 0 Å². The van der Waals surface area contributed by atoms with E-state index in [1.54, 1.807) is 0 Å². The smallest absolute Gasteiger partial charge is 0.240 e. The standard InChI is InChI=1S/C11H15BrClNO3S/c1-7(2)11(6-15)14-18(16,17)8-3-4-10(13)9(12)5-8/h3-5,7,11,14-15H,6H2,1-2H3/t11-/m1/s1. The minimum atomic E-state index is -3.65. The number of hydrogen-bond acceptors (Lipinski definition) is 3. The first-order valence-corrected chi connectivity index (χ1v) is 8.01. The number of sulfonamides is 1. The molecule has 0 saturated heterocycles.